The van der Waals surface area contributed by atoms with E-state index in [9.17, 15) is 13.2 Å². The standard InChI is InChI=1S/C24H29N3O3S/c1-16(2)27-31(29,30)15-18-12-10-17(11-13-18)14-25-24(28)21-8-5-7-20-19-6-3-4-9-22(19)26-23(20)21/h5,7-8,10-13,16,26-27H,3-4,6,9,14-15H2,1-2H3,(H,25,28). The van der Waals surface area contributed by atoms with Crippen molar-refractivity contribution in [2.75, 3.05) is 0 Å². The van der Waals surface area contributed by atoms with E-state index in [4.69, 9.17) is 0 Å². The van der Waals surface area contributed by atoms with E-state index in [2.05, 4.69) is 21.1 Å². The first kappa shape index (κ1) is 21.6. The van der Waals surface area contributed by atoms with E-state index in [1.165, 1.54) is 24.1 Å². The van der Waals surface area contributed by atoms with Crippen molar-refractivity contribution in [3.8, 4) is 0 Å². The molecule has 1 aliphatic rings. The Hall–Kier alpha value is -2.64. The van der Waals surface area contributed by atoms with Gasteiger partial charge in [-0.1, -0.05) is 36.4 Å². The zero-order chi connectivity index (χ0) is 22.0. The first-order chi connectivity index (χ1) is 14.8. The van der Waals surface area contributed by atoms with Gasteiger partial charge in [-0.25, -0.2) is 13.1 Å². The van der Waals surface area contributed by atoms with Gasteiger partial charge in [0.2, 0.25) is 10.0 Å². The lowest BCUT2D eigenvalue weighted by atomic mass is 9.95. The third-order valence-corrected chi connectivity index (χ3v) is 7.17. The second-order valence-electron chi connectivity index (χ2n) is 8.55. The summed E-state index contributed by atoms with van der Waals surface area (Å²) >= 11 is 0. The largest absolute Gasteiger partial charge is 0.358 e. The molecule has 0 atom stereocenters. The summed E-state index contributed by atoms with van der Waals surface area (Å²) in [6, 6.07) is 13.1. The Morgan fingerprint density at radius 2 is 1.74 bits per heavy atom. The molecule has 0 spiro atoms. The van der Waals surface area contributed by atoms with Crippen LogP contribution in [0.2, 0.25) is 0 Å². The van der Waals surface area contributed by atoms with Gasteiger partial charge in [0.15, 0.2) is 0 Å². The highest BCUT2D eigenvalue weighted by atomic mass is 32.2. The lowest BCUT2D eigenvalue weighted by molar-refractivity contribution is 0.0952. The molecule has 2 aromatic carbocycles. The SMILES string of the molecule is CC(C)NS(=O)(=O)Cc1ccc(CNC(=O)c2cccc3c4c([nH]c23)CCCC4)cc1. The molecular weight excluding hydrogens is 410 g/mol. The van der Waals surface area contributed by atoms with Gasteiger partial charge in [-0.15, -0.1) is 0 Å². The van der Waals surface area contributed by atoms with Gasteiger partial charge >= 0.3 is 0 Å². The smallest absolute Gasteiger partial charge is 0.253 e. The van der Waals surface area contributed by atoms with Gasteiger partial charge in [-0.3, -0.25) is 4.79 Å². The van der Waals surface area contributed by atoms with Crippen molar-refractivity contribution in [3.63, 3.8) is 0 Å². The predicted octanol–water partition coefficient (Wildman–Crippen LogP) is 3.80. The van der Waals surface area contributed by atoms with Crippen LogP contribution in [-0.4, -0.2) is 25.4 Å². The van der Waals surface area contributed by atoms with Crippen molar-refractivity contribution in [1.82, 2.24) is 15.0 Å². The summed E-state index contributed by atoms with van der Waals surface area (Å²) < 4.78 is 26.7. The molecule has 0 aliphatic heterocycles. The quantitative estimate of drug-likeness (QED) is 0.523. The fourth-order valence-corrected chi connectivity index (χ4v) is 5.70. The third kappa shape index (κ3) is 4.99. The molecule has 0 saturated heterocycles. The molecule has 0 fully saturated rings. The average Bonchev–Trinajstić information content (AvgIpc) is 3.10. The van der Waals surface area contributed by atoms with E-state index in [1.54, 1.807) is 26.0 Å². The Labute approximate surface area is 183 Å². The fraction of sp³-hybridized carbons (Fsp3) is 0.375. The number of benzene rings is 2. The zero-order valence-electron chi connectivity index (χ0n) is 18.0. The number of nitrogens with one attached hydrogen (secondary N) is 3. The summed E-state index contributed by atoms with van der Waals surface area (Å²) in [7, 11) is -3.35. The lowest BCUT2D eigenvalue weighted by Gasteiger charge is -2.10. The maximum Gasteiger partial charge on any atom is 0.253 e. The van der Waals surface area contributed by atoms with Crippen LogP contribution in [0.3, 0.4) is 0 Å². The predicted molar refractivity (Wildman–Crippen MR) is 123 cm³/mol. The topological polar surface area (TPSA) is 91.1 Å². The number of rotatable bonds is 7. The molecule has 6 nitrogen and oxygen atoms in total. The highest BCUT2D eigenvalue weighted by Gasteiger charge is 2.19. The summed E-state index contributed by atoms with van der Waals surface area (Å²) in [5, 5.41) is 4.15. The number of para-hydroxylation sites is 1. The number of sulfonamides is 1. The molecule has 3 aromatic rings. The number of amides is 1. The second kappa shape index (κ2) is 8.85. The van der Waals surface area contributed by atoms with Crippen molar-refractivity contribution in [2.24, 2.45) is 0 Å². The van der Waals surface area contributed by atoms with Crippen LogP contribution in [0.15, 0.2) is 42.5 Å². The molecule has 1 aromatic heterocycles. The molecule has 164 valence electrons. The van der Waals surface area contributed by atoms with Crippen LogP contribution in [0.25, 0.3) is 10.9 Å². The van der Waals surface area contributed by atoms with Crippen LogP contribution in [0.4, 0.5) is 0 Å². The molecule has 31 heavy (non-hydrogen) atoms. The minimum absolute atomic E-state index is 0.0582. The first-order valence-corrected chi connectivity index (χ1v) is 12.5. The van der Waals surface area contributed by atoms with Crippen molar-refractivity contribution in [1.29, 1.82) is 0 Å². The van der Waals surface area contributed by atoms with E-state index in [1.807, 2.05) is 24.3 Å². The number of H-pyrrole nitrogens is 1. The highest BCUT2D eigenvalue weighted by molar-refractivity contribution is 7.88. The number of aryl methyl sites for hydroxylation is 2. The molecule has 0 unspecified atom stereocenters. The molecule has 1 heterocycles. The zero-order valence-corrected chi connectivity index (χ0v) is 18.8. The van der Waals surface area contributed by atoms with Crippen molar-refractivity contribution < 1.29 is 13.2 Å². The fourth-order valence-electron chi connectivity index (χ4n) is 4.27. The molecule has 0 bridgehead atoms. The summed E-state index contributed by atoms with van der Waals surface area (Å²) in [6.07, 6.45) is 4.49. The first-order valence-electron chi connectivity index (χ1n) is 10.8. The Morgan fingerprint density at radius 1 is 1.03 bits per heavy atom. The Morgan fingerprint density at radius 3 is 2.48 bits per heavy atom. The molecular formula is C24H29N3O3S. The van der Waals surface area contributed by atoms with Gasteiger partial charge in [0, 0.05) is 23.7 Å². The number of carbonyl (C=O) groups is 1. The van der Waals surface area contributed by atoms with Crippen LogP contribution in [-0.2, 0) is 35.2 Å². The van der Waals surface area contributed by atoms with Gasteiger partial charge in [0.05, 0.1) is 16.8 Å². The van der Waals surface area contributed by atoms with Gasteiger partial charge in [0.1, 0.15) is 0 Å². The van der Waals surface area contributed by atoms with Crippen molar-refractivity contribution in [2.45, 2.75) is 57.9 Å². The van der Waals surface area contributed by atoms with Crippen LogP contribution in [0.5, 0.6) is 0 Å². The summed E-state index contributed by atoms with van der Waals surface area (Å²) in [6.45, 7) is 3.98. The minimum atomic E-state index is -3.35. The maximum absolute atomic E-state index is 12.9. The number of hydrogen-bond acceptors (Lipinski definition) is 3. The lowest BCUT2D eigenvalue weighted by Crippen LogP contribution is -2.31. The van der Waals surface area contributed by atoms with Gasteiger partial charge in [0.25, 0.3) is 5.91 Å². The highest BCUT2D eigenvalue weighted by Crippen LogP contribution is 2.30. The Bertz CT molecular complexity index is 1190. The molecule has 1 amide bonds. The molecule has 0 radical (unpaired) electrons. The average molecular weight is 440 g/mol. The molecule has 4 rings (SSSR count). The molecule has 3 N–H and O–H groups in total. The van der Waals surface area contributed by atoms with E-state index >= 15 is 0 Å². The Balaban J connectivity index is 1.43. The minimum Gasteiger partial charge on any atom is -0.358 e. The van der Waals surface area contributed by atoms with E-state index in [-0.39, 0.29) is 17.7 Å². The summed E-state index contributed by atoms with van der Waals surface area (Å²) in [5.74, 6) is -0.172. The molecule has 1 aliphatic carbocycles. The van der Waals surface area contributed by atoms with Crippen molar-refractivity contribution in [3.05, 3.63) is 70.4 Å². The van der Waals surface area contributed by atoms with Gasteiger partial charge < -0.3 is 10.3 Å². The summed E-state index contributed by atoms with van der Waals surface area (Å²) in [4.78, 5) is 16.4. The van der Waals surface area contributed by atoms with Crippen LogP contribution < -0.4 is 10.0 Å². The number of aromatic amines is 1. The van der Waals surface area contributed by atoms with Crippen LogP contribution in [0.1, 0.15) is 59.4 Å². The van der Waals surface area contributed by atoms with Crippen molar-refractivity contribution >= 4 is 26.8 Å². The number of fused-ring (bicyclic) bond motifs is 3. The van der Waals surface area contributed by atoms with Gasteiger partial charge in [-0.2, -0.15) is 0 Å². The van der Waals surface area contributed by atoms with E-state index < -0.39 is 10.0 Å². The third-order valence-electron chi connectivity index (χ3n) is 5.63. The normalized spacial score (nSPS) is 14.0. The number of carbonyl (C=O) groups excluding carboxylic acids is 1. The second-order valence-corrected chi connectivity index (χ2v) is 10.3. The summed E-state index contributed by atoms with van der Waals surface area (Å²) in [5.41, 5.74) is 5.83. The van der Waals surface area contributed by atoms with E-state index in [0.717, 1.165) is 29.3 Å². The number of aromatic nitrogens is 1. The van der Waals surface area contributed by atoms with Gasteiger partial charge in [-0.05, 0) is 62.3 Å². The number of hydrogen-bond donors (Lipinski definition) is 3. The van der Waals surface area contributed by atoms with Crippen LogP contribution >= 0.6 is 0 Å². The Kier molecular flexibility index (Phi) is 6.16. The molecule has 7 heteroatoms. The molecule has 0 saturated carbocycles. The maximum atomic E-state index is 12.9. The van der Waals surface area contributed by atoms with Crippen LogP contribution in [0, 0.1) is 0 Å². The monoisotopic (exact) mass is 439 g/mol. The van der Waals surface area contributed by atoms with E-state index in [0.29, 0.717) is 17.7 Å².